The lowest BCUT2D eigenvalue weighted by Crippen LogP contribution is -2.00. The number of carbonyl (C=O) groups excluding carboxylic acids is 1. The van der Waals surface area contributed by atoms with Gasteiger partial charge in [0.2, 0.25) is 0 Å². The lowest BCUT2D eigenvalue weighted by molar-refractivity contribution is 0.0600. The fourth-order valence-corrected chi connectivity index (χ4v) is 2.57. The van der Waals surface area contributed by atoms with Crippen molar-refractivity contribution in [2.75, 3.05) is 7.11 Å². The van der Waals surface area contributed by atoms with E-state index in [1.165, 1.54) is 12.7 Å². The molecular formula is C17H14ClNO2. The number of nitrogens with one attached hydrogen (secondary N) is 1. The maximum absolute atomic E-state index is 11.4. The number of aromatic amines is 1. The first-order chi connectivity index (χ1) is 10.2. The topological polar surface area (TPSA) is 42.1 Å². The first kappa shape index (κ1) is 13.7. The predicted octanol–water partition coefficient (Wildman–Crippen LogP) is 4.20. The maximum atomic E-state index is 11.4. The lowest BCUT2D eigenvalue weighted by atomic mass is 10.0. The molecule has 3 nitrogen and oxygen atoms in total. The zero-order valence-corrected chi connectivity index (χ0v) is 12.3. The van der Waals surface area contributed by atoms with E-state index in [1.807, 2.05) is 36.5 Å². The number of esters is 1. The van der Waals surface area contributed by atoms with Gasteiger partial charge >= 0.3 is 5.97 Å². The van der Waals surface area contributed by atoms with Crippen LogP contribution in [0.15, 0.2) is 48.7 Å². The number of hydrogen-bond acceptors (Lipinski definition) is 2. The van der Waals surface area contributed by atoms with Crippen molar-refractivity contribution in [3.63, 3.8) is 0 Å². The maximum Gasteiger partial charge on any atom is 0.337 e. The summed E-state index contributed by atoms with van der Waals surface area (Å²) in [6.07, 6.45) is 2.79. The number of benzene rings is 2. The molecule has 1 aromatic heterocycles. The number of fused-ring (bicyclic) bond motifs is 1. The Morgan fingerprint density at radius 1 is 1.19 bits per heavy atom. The minimum atomic E-state index is -0.316. The molecule has 0 saturated heterocycles. The van der Waals surface area contributed by atoms with Crippen LogP contribution in [0.1, 0.15) is 21.5 Å². The molecule has 0 bridgehead atoms. The van der Waals surface area contributed by atoms with Crippen molar-refractivity contribution in [2.24, 2.45) is 0 Å². The SMILES string of the molecule is COC(=O)c1ccc(Cc2c[nH]c3cc(Cl)ccc23)cc1. The Kier molecular flexibility index (Phi) is 3.67. The molecule has 0 atom stereocenters. The molecule has 0 spiro atoms. The van der Waals surface area contributed by atoms with Gasteiger partial charge < -0.3 is 9.72 Å². The highest BCUT2D eigenvalue weighted by Crippen LogP contribution is 2.24. The van der Waals surface area contributed by atoms with Gasteiger partial charge in [0.1, 0.15) is 0 Å². The fraction of sp³-hybridized carbons (Fsp3) is 0.118. The molecule has 0 saturated carbocycles. The minimum absolute atomic E-state index is 0.316. The quantitative estimate of drug-likeness (QED) is 0.737. The zero-order chi connectivity index (χ0) is 14.8. The Hall–Kier alpha value is -2.26. The molecule has 0 radical (unpaired) electrons. The number of H-pyrrole nitrogens is 1. The van der Waals surface area contributed by atoms with Gasteiger partial charge in [-0.15, -0.1) is 0 Å². The third kappa shape index (κ3) is 2.78. The highest BCUT2D eigenvalue weighted by molar-refractivity contribution is 6.31. The van der Waals surface area contributed by atoms with Crippen molar-refractivity contribution in [3.05, 3.63) is 70.4 Å². The third-order valence-corrected chi connectivity index (χ3v) is 3.73. The van der Waals surface area contributed by atoms with Crippen molar-refractivity contribution in [2.45, 2.75) is 6.42 Å². The molecule has 0 unspecified atom stereocenters. The molecule has 0 aliphatic carbocycles. The Morgan fingerprint density at radius 3 is 2.67 bits per heavy atom. The number of halogens is 1. The van der Waals surface area contributed by atoms with Gasteiger partial charge in [-0.2, -0.15) is 0 Å². The largest absolute Gasteiger partial charge is 0.465 e. The number of hydrogen-bond donors (Lipinski definition) is 1. The van der Waals surface area contributed by atoms with Gasteiger partial charge in [-0.1, -0.05) is 29.8 Å². The van der Waals surface area contributed by atoms with Crippen LogP contribution in [-0.4, -0.2) is 18.1 Å². The van der Waals surface area contributed by atoms with E-state index in [0.29, 0.717) is 5.56 Å². The highest BCUT2D eigenvalue weighted by Gasteiger charge is 2.07. The van der Waals surface area contributed by atoms with Crippen molar-refractivity contribution in [3.8, 4) is 0 Å². The number of aromatic nitrogens is 1. The fourth-order valence-electron chi connectivity index (χ4n) is 2.40. The van der Waals surface area contributed by atoms with Gasteiger partial charge in [-0.05, 0) is 41.8 Å². The Balaban J connectivity index is 1.86. The second kappa shape index (κ2) is 5.62. The average Bonchev–Trinajstić information content (AvgIpc) is 2.89. The van der Waals surface area contributed by atoms with Gasteiger partial charge in [0.15, 0.2) is 0 Å². The number of ether oxygens (including phenoxy) is 1. The molecule has 0 aliphatic heterocycles. The molecule has 3 aromatic rings. The van der Waals surface area contributed by atoms with Crippen molar-refractivity contribution < 1.29 is 9.53 Å². The van der Waals surface area contributed by atoms with Crippen LogP contribution in [0, 0.1) is 0 Å². The molecule has 0 aliphatic rings. The predicted molar refractivity (Wildman–Crippen MR) is 83.9 cm³/mol. The zero-order valence-electron chi connectivity index (χ0n) is 11.5. The summed E-state index contributed by atoms with van der Waals surface area (Å²) in [5.74, 6) is -0.316. The summed E-state index contributed by atoms with van der Waals surface area (Å²) in [7, 11) is 1.38. The molecular weight excluding hydrogens is 286 g/mol. The van der Waals surface area contributed by atoms with Crippen LogP contribution in [0.5, 0.6) is 0 Å². The van der Waals surface area contributed by atoms with E-state index in [1.54, 1.807) is 12.1 Å². The summed E-state index contributed by atoms with van der Waals surface area (Å²) in [6.45, 7) is 0. The van der Waals surface area contributed by atoms with Gasteiger partial charge in [0.25, 0.3) is 0 Å². The van der Waals surface area contributed by atoms with Gasteiger partial charge in [-0.25, -0.2) is 4.79 Å². The minimum Gasteiger partial charge on any atom is -0.465 e. The summed E-state index contributed by atoms with van der Waals surface area (Å²) >= 11 is 5.99. The van der Waals surface area contributed by atoms with Crippen LogP contribution in [0.3, 0.4) is 0 Å². The molecule has 0 amide bonds. The van der Waals surface area contributed by atoms with Crippen molar-refractivity contribution in [1.29, 1.82) is 0 Å². The number of methoxy groups -OCH3 is 1. The summed E-state index contributed by atoms with van der Waals surface area (Å²) in [5.41, 5.74) is 3.93. The number of rotatable bonds is 3. The Morgan fingerprint density at radius 2 is 1.95 bits per heavy atom. The third-order valence-electron chi connectivity index (χ3n) is 3.50. The normalized spacial score (nSPS) is 10.8. The van der Waals surface area contributed by atoms with E-state index in [-0.39, 0.29) is 5.97 Å². The lowest BCUT2D eigenvalue weighted by Gasteiger charge is -2.03. The first-order valence-electron chi connectivity index (χ1n) is 6.60. The van der Waals surface area contributed by atoms with E-state index in [4.69, 9.17) is 16.3 Å². The van der Waals surface area contributed by atoms with Gasteiger partial charge in [0, 0.05) is 22.1 Å². The van der Waals surface area contributed by atoms with Crippen LogP contribution in [-0.2, 0) is 11.2 Å². The smallest absolute Gasteiger partial charge is 0.337 e. The monoisotopic (exact) mass is 299 g/mol. The molecule has 21 heavy (non-hydrogen) atoms. The molecule has 3 rings (SSSR count). The summed E-state index contributed by atoms with van der Waals surface area (Å²) in [5, 5.41) is 1.88. The summed E-state index contributed by atoms with van der Waals surface area (Å²) < 4.78 is 4.69. The van der Waals surface area contributed by atoms with E-state index in [9.17, 15) is 4.79 Å². The Labute approximate surface area is 127 Å². The molecule has 2 aromatic carbocycles. The Bertz CT molecular complexity index is 790. The van der Waals surface area contributed by atoms with E-state index in [0.717, 1.165) is 27.9 Å². The van der Waals surface area contributed by atoms with Crippen molar-refractivity contribution in [1.82, 2.24) is 4.98 Å². The first-order valence-corrected chi connectivity index (χ1v) is 6.98. The number of carbonyl (C=O) groups is 1. The van der Waals surface area contributed by atoms with Crippen LogP contribution in [0.25, 0.3) is 10.9 Å². The highest BCUT2D eigenvalue weighted by atomic mass is 35.5. The molecule has 1 N–H and O–H groups in total. The van der Waals surface area contributed by atoms with Crippen LogP contribution in [0.4, 0.5) is 0 Å². The summed E-state index contributed by atoms with van der Waals surface area (Å²) in [6, 6.07) is 13.3. The molecule has 4 heteroatoms. The standard InChI is InChI=1S/C17H14ClNO2/c1-21-17(20)12-4-2-11(3-5-12)8-13-10-19-16-9-14(18)6-7-15(13)16/h2-7,9-10,19H,8H2,1H3. The van der Waals surface area contributed by atoms with Gasteiger partial charge in [0.05, 0.1) is 12.7 Å². The van der Waals surface area contributed by atoms with E-state index >= 15 is 0 Å². The second-order valence-corrected chi connectivity index (χ2v) is 5.31. The van der Waals surface area contributed by atoms with Crippen LogP contribution in [0.2, 0.25) is 5.02 Å². The van der Waals surface area contributed by atoms with Crippen LogP contribution >= 0.6 is 11.6 Å². The molecule has 106 valence electrons. The van der Waals surface area contributed by atoms with Crippen LogP contribution < -0.4 is 0 Å². The second-order valence-electron chi connectivity index (χ2n) is 4.87. The van der Waals surface area contributed by atoms with E-state index < -0.39 is 0 Å². The van der Waals surface area contributed by atoms with E-state index in [2.05, 4.69) is 4.98 Å². The summed E-state index contributed by atoms with van der Waals surface area (Å²) in [4.78, 5) is 14.6. The average molecular weight is 300 g/mol. The molecule has 0 fully saturated rings. The molecule has 1 heterocycles. The van der Waals surface area contributed by atoms with Crippen molar-refractivity contribution >= 4 is 28.5 Å². The van der Waals surface area contributed by atoms with Gasteiger partial charge in [-0.3, -0.25) is 0 Å².